The van der Waals surface area contributed by atoms with Gasteiger partial charge >= 0.3 is 0 Å². The Labute approximate surface area is 142 Å². The molecule has 24 heavy (non-hydrogen) atoms. The van der Waals surface area contributed by atoms with Crippen molar-refractivity contribution in [3.05, 3.63) is 46.6 Å². The van der Waals surface area contributed by atoms with E-state index in [2.05, 4.69) is 20.5 Å². The Bertz CT molecular complexity index is 935. The summed E-state index contributed by atoms with van der Waals surface area (Å²) in [4.78, 5) is 21.6. The van der Waals surface area contributed by atoms with Gasteiger partial charge in [0.15, 0.2) is 0 Å². The standard InChI is InChI=1S/C16H15N5O2S/c1-9-12-14(17)18-8-19-16(12)24-13(9)15(22)21-20-7-10-4-3-5-11(6-10)23-2/h3-8H,1-2H3,(H,21,22)(H2,17,18,19)/b20-7-. The third-order valence-corrected chi connectivity index (χ3v) is 4.63. The Balaban J connectivity index is 1.79. The van der Waals surface area contributed by atoms with Crippen LogP contribution in [0.2, 0.25) is 0 Å². The summed E-state index contributed by atoms with van der Waals surface area (Å²) in [6.45, 7) is 1.82. The molecule has 3 N–H and O–H groups in total. The van der Waals surface area contributed by atoms with Crippen molar-refractivity contribution in [2.45, 2.75) is 6.92 Å². The number of anilines is 1. The molecular formula is C16H15N5O2S. The monoisotopic (exact) mass is 341 g/mol. The maximum absolute atomic E-state index is 12.3. The SMILES string of the molecule is COc1cccc(/C=N\NC(=O)c2sc3ncnc(N)c3c2C)c1. The molecule has 0 aliphatic carbocycles. The molecule has 8 heteroatoms. The van der Waals surface area contributed by atoms with Crippen LogP contribution >= 0.6 is 11.3 Å². The zero-order valence-electron chi connectivity index (χ0n) is 13.1. The van der Waals surface area contributed by atoms with Gasteiger partial charge in [0.2, 0.25) is 0 Å². The molecule has 0 radical (unpaired) electrons. The minimum atomic E-state index is -0.311. The lowest BCUT2D eigenvalue weighted by atomic mass is 10.2. The molecule has 1 aromatic carbocycles. The normalized spacial score (nSPS) is 11.1. The third kappa shape index (κ3) is 3.04. The number of amides is 1. The topological polar surface area (TPSA) is 102 Å². The Morgan fingerprint density at radius 1 is 1.42 bits per heavy atom. The second kappa shape index (κ2) is 6.63. The molecule has 0 bridgehead atoms. The van der Waals surface area contributed by atoms with Crippen molar-refractivity contribution in [2.24, 2.45) is 5.10 Å². The molecule has 0 aliphatic heterocycles. The number of nitrogens with two attached hydrogens (primary N) is 1. The van der Waals surface area contributed by atoms with E-state index in [-0.39, 0.29) is 5.91 Å². The Hall–Kier alpha value is -3.00. The van der Waals surface area contributed by atoms with E-state index in [9.17, 15) is 4.79 Å². The van der Waals surface area contributed by atoms with Crippen molar-refractivity contribution >= 4 is 39.5 Å². The van der Waals surface area contributed by atoms with Crippen LogP contribution in [0.1, 0.15) is 20.8 Å². The zero-order chi connectivity index (χ0) is 17.1. The molecule has 0 fully saturated rings. The molecule has 7 nitrogen and oxygen atoms in total. The fraction of sp³-hybridized carbons (Fsp3) is 0.125. The summed E-state index contributed by atoms with van der Waals surface area (Å²) in [7, 11) is 1.59. The number of hydrazone groups is 1. The van der Waals surface area contributed by atoms with Crippen molar-refractivity contribution in [3.63, 3.8) is 0 Å². The highest BCUT2D eigenvalue weighted by molar-refractivity contribution is 7.20. The first kappa shape index (κ1) is 15.9. The minimum absolute atomic E-state index is 0.311. The first-order valence-electron chi connectivity index (χ1n) is 7.07. The van der Waals surface area contributed by atoms with E-state index in [1.165, 1.54) is 17.7 Å². The fourth-order valence-electron chi connectivity index (χ4n) is 2.25. The fourth-order valence-corrected chi connectivity index (χ4v) is 3.30. The second-order valence-electron chi connectivity index (χ2n) is 4.97. The summed E-state index contributed by atoms with van der Waals surface area (Å²) < 4.78 is 5.14. The van der Waals surface area contributed by atoms with Gasteiger partial charge in [-0.1, -0.05) is 12.1 Å². The van der Waals surface area contributed by atoms with Crippen molar-refractivity contribution in [2.75, 3.05) is 12.8 Å². The average molecular weight is 341 g/mol. The molecule has 0 spiro atoms. The van der Waals surface area contributed by atoms with Gasteiger partial charge in [0.25, 0.3) is 5.91 Å². The van der Waals surface area contributed by atoms with Gasteiger partial charge in [-0.15, -0.1) is 11.3 Å². The van der Waals surface area contributed by atoms with Crippen LogP contribution in [0, 0.1) is 6.92 Å². The van der Waals surface area contributed by atoms with Crippen molar-refractivity contribution in [1.29, 1.82) is 0 Å². The van der Waals surface area contributed by atoms with Gasteiger partial charge in [-0.05, 0) is 30.2 Å². The van der Waals surface area contributed by atoms with Gasteiger partial charge in [0, 0.05) is 0 Å². The van der Waals surface area contributed by atoms with Crippen molar-refractivity contribution < 1.29 is 9.53 Å². The molecule has 0 saturated heterocycles. The lowest BCUT2D eigenvalue weighted by Gasteiger charge is -2.00. The smallest absolute Gasteiger partial charge is 0.281 e. The highest BCUT2D eigenvalue weighted by Crippen LogP contribution is 2.31. The van der Waals surface area contributed by atoms with Gasteiger partial charge in [0.05, 0.1) is 23.6 Å². The Kier molecular flexibility index (Phi) is 4.39. The minimum Gasteiger partial charge on any atom is -0.497 e. The third-order valence-electron chi connectivity index (χ3n) is 3.44. The van der Waals surface area contributed by atoms with E-state index in [4.69, 9.17) is 10.5 Å². The van der Waals surface area contributed by atoms with E-state index in [1.807, 2.05) is 31.2 Å². The summed E-state index contributed by atoms with van der Waals surface area (Å²) in [5.41, 5.74) is 9.94. The number of aryl methyl sites for hydroxylation is 1. The number of fused-ring (bicyclic) bond motifs is 1. The lowest BCUT2D eigenvalue weighted by Crippen LogP contribution is -2.17. The summed E-state index contributed by atoms with van der Waals surface area (Å²) >= 11 is 1.26. The number of nitrogens with zero attached hydrogens (tertiary/aromatic N) is 3. The van der Waals surface area contributed by atoms with Crippen LogP contribution in [0.3, 0.4) is 0 Å². The van der Waals surface area contributed by atoms with E-state index < -0.39 is 0 Å². The van der Waals surface area contributed by atoms with Crippen LogP contribution in [-0.2, 0) is 0 Å². The van der Waals surface area contributed by atoms with E-state index in [0.29, 0.717) is 20.9 Å². The number of ether oxygens (including phenoxy) is 1. The summed E-state index contributed by atoms with van der Waals surface area (Å²) in [6.07, 6.45) is 2.94. The first-order valence-corrected chi connectivity index (χ1v) is 7.89. The average Bonchev–Trinajstić information content (AvgIpc) is 2.93. The molecular weight excluding hydrogens is 326 g/mol. The number of carbonyl (C=O) groups is 1. The highest BCUT2D eigenvalue weighted by atomic mass is 32.1. The van der Waals surface area contributed by atoms with Crippen LogP contribution in [-0.4, -0.2) is 29.2 Å². The molecule has 0 saturated carbocycles. The molecule has 3 rings (SSSR count). The van der Waals surface area contributed by atoms with E-state index in [0.717, 1.165) is 16.9 Å². The summed E-state index contributed by atoms with van der Waals surface area (Å²) in [6, 6.07) is 7.36. The van der Waals surface area contributed by atoms with Crippen LogP contribution in [0.25, 0.3) is 10.2 Å². The first-order chi connectivity index (χ1) is 11.6. The lowest BCUT2D eigenvalue weighted by molar-refractivity contribution is 0.0958. The molecule has 1 amide bonds. The second-order valence-corrected chi connectivity index (χ2v) is 5.97. The molecule has 122 valence electrons. The predicted molar refractivity (Wildman–Crippen MR) is 94.6 cm³/mol. The Morgan fingerprint density at radius 2 is 2.25 bits per heavy atom. The zero-order valence-corrected chi connectivity index (χ0v) is 13.9. The van der Waals surface area contributed by atoms with Gasteiger partial charge in [-0.2, -0.15) is 5.10 Å². The molecule has 0 aliphatic rings. The number of nitrogen functional groups attached to an aromatic ring is 1. The molecule has 2 heterocycles. The van der Waals surface area contributed by atoms with Crippen molar-refractivity contribution in [3.8, 4) is 5.75 Å². The number of carbonyl (C=O) groups excluding carboxylic acids is 1. The summed E-state index contributed by atoms with van der Waals surface area (Å²) in [5.74, 6) is 0.779. The number of aromatic nitrogens is 2. The number of rotatable bonds is 4. The van der Waals surface area contributed by atoms with Crippen molar-refractivity contribution in [1.82, 2.24) is 15.4 Å². The van der Waals surface area contributed by atoms with Crippen LogP contribution < -0.4 is 15.9 Å². The van der Waals surface area contributed by atoms with Crippen LogP contribution in [0.5, 0.6) is 5.75 Å². The molecule has 3 aromatic rings. The van der Waals surface area contributed by atoms with Gasteiger partial charge in [-0.3, -0.25) is 4.79 Å². The molecule has 0 unspecified atom stereocenters. The van der Waals surface area contributed by atoms with E-state index in [1.54, 1.807) is 13.3 Å². The molecule has 2 aromatic heterocycles. The maximum Gasteiger partial charge on any atom is 0.281 e. The number of hydrogen-bond donors (Lipinski definition) is 2. The quantitative estimate of drug-likeness (QED) is 0.560. The van der Waals surface area contributed by atoms with E-state index >= 15 is 0 Å². The number of nitrogens with one attached hydrogen (secondary N) is 1. The highest BCUT2D eigenvalue weighted by Gasteiger charge is 2.17. The number of benzene rings is 1. The Morgan fingerprint density at radius 3 is 3.00 bits per heavy atom. The number of thiophene rings is 1. The van der Waals surface area contributed by atoms with Crippen LogP contribution in [0.4, 0.5) is 5.82 Å². The predicted octanol–water partition coefficient (Wildman–Crippen LogP) is 2.35. The van der Waals surface area contributed by atoms with Crippen LogP contribution in [0.15, 0.2) is 35.7 Å². The van der Waals surface area contributed by atoms with Gasteiger partial charge in [0.1, 0.15) is 22.7 Å². The number of methoxy groups -OCH3 is 1. The van der Waals surface area contributed by atoms with Gasteiger partial charge in [-0.25, -0.2) is 15.4 Å². The van der Waals surface area contributed by atoms with Gasteiger partial charge < -0.3 is 10.5 Å². The maximum atomic E-state index is 12.3. The molecule has 0 atom stereocenters. The largest absolute Gasteiger partial charge is 0.497 e. The number of hydrogen-bond acceptors (Lipinski definition) is 7. The summed E-state index contributed by atoms with van der Waals surface area (Å²) in [5, 5.41) is 4.70.